The smallest absolute Gasteiger partial charge is 0.333 e. The first-order valence-electron chi connectivity index (χ1n) is 7.77. The Hall–Kier alpha value is -0.613. The van der Waals surface area contributed by atoms with Gasteiger partial charge in [-0.05, 0) is 33.6 Å². The van der Waals surface area contributed by atoms with E-state index < -0.39 is 0 Å². The molecule has 0 rings (SSSR count). The zero-order valence-electron chi connectivity index (χ0n) is 13.8. The van der Waals surface area contributed by atoms with E-state index in [2.05, 4.69) is 20.4 Å². The maximum atomic E-state index is 11.1. The van der Waals surface area contributed by atoms with Crippen LogP contribution in [0.1, 0.15) is 72.1 Å². The lowest BCUT2D eigenvalue weighted by molar-refractivity contribution is -0.139. The Morgan fingerprint density at radius 3 is 2.05 bits per heavy atom. The number of hydrogen-bond acceptors (Lipinski definition) is 3. The predicted molar refractivity (Wildman–Crippen MR) is 87.8 cm³/mol. The first-order valence-corrected chi connectivity index (χ1v) is 8.58. The van der Waals surface area contributed by atoms with E-state index in [4.69, 9.17) is 9.16 Å². The molecular formula is C16H32O3Si. The predicted octanol–water partition coefficient (Wildman–Crippen LogP) is 3.30. The summed E-state index contributed by atoms with van der Waals surface area (Å²) < 4.78 is 10.6. The summed E-state index contributed by atoms with van der Waals surface area (Å²) in [6.45, 7) is 10.1. The molecule has 0 fully saturated rings. The molecule has 0 saturated carbocycles. The number of rotatable bonds is 12. The number of carbonyl (C=O) groups excluding carboxylic acids is 1. The molecule has 0 radical (unpaired) electrons. The van der Waals surface area contributed by atoms with E-state index in [0.29, 0.717) is 12.2 Å². The number of unbranched alkanes of at least 4 members (excludes halogenated alkanes) is 6. The van der Waals surface area contributed by atoms with Crippen LogP contribution in [0.15, 0.2) is 12.2 Å². The van der Waals surface area contributed by atoms with E-state index in [1.165, 1.54) is 32.1 Å². The molecule has 0 bridgehead atoms. The number of carbonyl (C=O) groups is 1. The highest BCUT2D eigenvalue weighted by molar-refractivity contribution is 5.98. The third-order valence-electron chi connectivity index (χ3n) is 3.56. The molecule has 0 aromatic heterocycles. The fraction of sp³-hybridized carbons (Fsp3) is 0.812. The second kappa shape index (κ2) is 11.1. The lowest BCUT2D eigenvalue weighted by atomic mass is 9.99. The van der Waals surface area contributed by atoms with Crippen LogP contribution in [-0.4, -0.2) is 28.7 Å². The highest BCUT2D eigenvalue weighted by Gasteiger charge is 2.13. The number of esters is 1. The van der Waals surface area contributed by atoms with Crippen LogP contribution in [0, 0.1) is 0 Å². The summed E-state index contributed by atoms with van der Waals surface area (Å²) in [4.78, 5) is 11.1. The molecule has 0 aromatic rings. The highest BCUT2D eigenvalue weighted by Crippen LogP contribution is 2.18. The van der Waals surface area contributed by atoms with Crippen molar-refractivity contribution in [2.24, 2.45) is 0 Å². The average Bonchev–Trinajstić information content (AvgIpc) is 2.40. The molecule has 20 heavy (non-hydrogen) atoms. The SMILES string of the molecule is C=C(C)C(=O)OCCCCCCCCCC(C)(C)O[SiH3]. The Balaban J connectivity index is 3.25. The fourth-order valence-corrected chi connectivity index (χ4v) is 2.13. The van der Waals surface area contributed by atoms with Crippen molar-refractivity contribution in [3.63, 3.8) is 0 Å². The molecule has 0 atom stereocenters. The molecule has 0 saturated heterocycles. The summed E-state index contributed by atoms with van der Waals surface area (Å²) in [5, 5.41) is 0. The van der Waals surface area contributed by atoms with Gasteiger partial charge >= 0.3 is 5.97 Å². The first-order chi connectivity index (χ1) is 9.39. The van der Waals surface area contributed by atoms with Crippen molar-refractivity contribution >= 4 is 16.5 Å². The molecule has 0 unspecified atom stereocenters. The molecule has 0 aliphatic carbocycles. The quantitative estimate of drug-likeness (QED) is 0.240. The van der Waals surface area contributed by atoms with Gasteiger partial charge in [-0.1, -0.05) is 45.1 Å². The Bertz CT molecular complexity index is 287. The van der Waals surface area contributed by atoms with Gasteiger partial charge in [-0.2, -0.15) is 0 Å². The standard InChI is InChI=1S/C16H32O3Si/c1-14(2)15(17)18-13-11-9-7-5-6-8-10-12-16(3,4)19-20/h1,5-13H2,2-4,20H3. The van der Waals surface area contributed by atoms with Gasteiger partial charge in [-0.15, -0.1) is 0 Å². The molecule has 0 amide bonds. The molecular weight excluding hydrogens is 268 g/mol. The largest absolute Gasteiger partial charge is 0.462 e. The molecule has 118 valence electrons. The molecule has 0 heterocycles. The maximum Gasteiger partial charge on any atom is 0.333 e. The van der Waals surface area contributed by atoms with Crippen LogP contribution in [0.3, 0.4) is 0 Å². The Morgan fingerprint density at radius 1 is 1.05 bits per heavy atom. The Kier molecular flexibility index (Phi) is 10.8. The van der Waals surface area contributed by atoms with Gasteiger partial charge in [0.2, 0.25) is 0 Å². The van der Waals surface area contributed by atoms with Crippen LogP contribution in [0.25, 0.3) is 0 Å². The van der Waals surface area contributed by atoms with Crippen LogP contribution >= 0.6 is 0 Å². The third kappa shape index (κ3) is 11.2. The van der Waals surface area contributed by atoms with E-state index in [9.17, 15) is 4.79 Å². The van der Waals surface area contributed by atoms with E-state index in [1.54, 1.807) is 6.92 Å². The second-order valence-electron chi connectivity index (χ2n) is 6.10. The van der Waals surface area contributed by atoms with E-state index in [1.807, 2.05) is 0 Å². The minimum atomic E-state index is -0.270. The van der Waals surface area contributed by atoms with Gasteiger partial charge < -0.3 is 9.16 Å². The van der Waals surface area contributed by atoms with Crippen LogP contribution in [0.5, 0.6) is 0 Å². The average molecular weight is 301 g/mol. The monoisotopic (exact) mass is 300 g/mol. The van der Waals surface area contributed by atoms with Crippen molar-refractivity contribution < 1.29 is 14.0 Å². The molecule has 0 N–H and O–H groups in total. The van der Waals surface area contributed by atoms with Crippen molar-refractivity contribution in [1.29, 1.82) is 0 Å². The maximum absolute atomic E-state index is 11.1. The normalized spacial score (nSPS) is 11.6. The Morgan fingerprint density at radius 2 is 1.55 bits per heavy atom. The van der Waals surface area contributed by atoms with Crippen molar-refractivity contribution in [3.05, 3.63) is 12.2 Å². The molecule has 0 aliphatic rings. The zero-order chi connectivity index (χ0) is 15.4. The minimum absolute atomic E-state index is 0.0827. The number of ether oxygens (including phenoxy) is 1. The summed E-state index contributed by atoms with van der Waals surface area (Å²) in [5.74, 6) is -0.270. The van der Waals surface area contributed by atoms with Gasteiger partial charge in [0, 0.05) is 11.2 Å². The summed E-state index contributed by atoms with van der Waals surface area (Å²) in [6, 6.07) is 0. The van der Waals surface area contributed by atoms with Crippen molar-refractivity contribution in [2.75, 3.05) is 6.61 Å². The highest BCUT2D eigenvalue weighted by atomic mass is 28.2. The molecule has 0 aromatic carbocycles. The van der Waals surface area contributed by atoms with Gasteiger partial charge in [0.25, 0.3) is 0 Å². The van der Waals surface area contributed by atoms with Gasteiger partial charge in [0.1, 0.15) is 10.5 Å². The van der Waals surface area contributed by atoms with Crippen LogP contribution in [0.2, 0.25) is 0 Å². The summed E-state index contributed by atoms with van der Waals surface area (Å²) in [7, 11) is 0.824. The van der Waals surface area contributed by atoms with Crippen molar-refractivity contribution in [1.82, 2.24) is 0 Å². The molecule has 0 aliphatic heterocycles. The van der Waals surface area contributed by atoms with Gasteiger partial charge in [-0.25, -0.2) is 4.79 Å². The topological polar surface area (TPSA) is 35.5 Å². The second-order valence-corrected chi connectivity index (χ2v) is 6.51. The van der Waals surface area contributed by atoms with E-state index in [-0.39, 0.29) is 11.6 Å². The van der Waals surface area contributed by atoms with E-state index in [0.717, 1.165) is 29.7 Å². The van der Waals surface area contributed by atoms with Crippen LogP contribution in [0.4, 0.5) is 0 Å². The van der Waals surface area contributed by atoms with Crippen molar-refractivity contribution in [3.8, 4) is 0 Å². The van der Waals surface area contributed by atoms with E-state index >= 15 is 0 Å². The molecule has 0 spiro atoms. The molecule has 3 nitrogen and oxygen atoms in total. The first kappa shape index (κ1) is 19.4. The summed E-state index contributed by atoms with van der Waals surface area (Å²) in [5.41, 5.74) is 0.561. The molecule has 4 heteroatoms. The van der Waals surface area contributed by atoms with Gasteiger partial charge in [0.15, 0.2) is 0 Å². The Labute approximate surface area is 127 Å². The lowest BCUT2D eigenvalue weighted by Gasteiger charge is -2.23. The lowest BCUT2D eigenvalue weighted by Crippen LogP contribution is -2.22. The fourth-order valence-electron chi connectivity index (χ4n) is 1.93. The van der Waals surface area contributed by atoms with Crippen LogP contribution < -0.4 is 0 Å². The van der Waals surface area contributed by atoms with Crippen molar-refractivity contribution in [2.45, 2.75) is 77.7 Å². The van der Waals surface area contributed by atoms with Gasteiger partial charge in [-0.3, -0.25) is 0 Å². The van der Waals surface area contributed by atoms with Gasteiger partial charge in [0.05, 0.1) is 6.61 Å². The minimum Gasteiger partial charge on any atom is -0.462 e. The summed E-state index contributed by atoms with van der Waals surface area (Å²) >= 11 is 0. The van der Waals surface area contributed by atoms with Crippen LogP contribution in [-0.2, 0) is 14.0 Å². The third-order valence-corrected chi connectivity index (χ3v) is 4.66. The zero-order valence-corrected chi connectivity index (χ0v) is 15.8. The number of hydrogen-bond donors (Lipinski definition) is 0. The summed E-state index contributed by atoms with van der Waals surface area (Å²) in [6.07, 6.45) is 9.60.